The first-order valence-corrected chi connectivity index (χ1v) is 22.3. The fourth-order valence-electron chi connectivity index (χ4n) is 10.5. The number of rotatable bonds is 10. The Balaban J connectivity index is 1.14. The molecule has 10 rings (SSSR count). The molecule has 61 heavy (non-hydrogen) atoms. The molecule has 1 nitrogen and oxygen atoms in total. The van der Waals surface area contributed by atoms with E-state index in [1.165, 1.54) is 101 Å². The lowest BCUT2D eigenvalue weighted by Crippen LogP contribution is -2.15. The van der Waals surface area contributed by atoms with Crippen LogP contribution < -0.4 is 0 Å². The van der Waals surface area contributed by atoms with Crippen molar-refractivity contribution in [2.75, 3.05) is 0 Å². The summed E-state index contributed by atoms with van der Waals surface area (Å²) < 4.78 is 2.44. The number of nitrogens with zero attached hydrogens (tertiary/aromatic N) is 1. The zero-order chi connectivity index (χ0) is 41.8. The maximum absolute atomic E-state index is 2.51. The van der Waals surface area contributed by atoms with Gasteiger partial charge in [0.15, 0.2) is 0 Å². The highest BCUT2D eigenvalue weighted by molar-refractivity contribution is 6.11. The van der Waals surface area contributed by atoms with E-state index in [1.807, 2.05) is 0 Å². The number of aromatic nitrogens is 1. The van der Waals surface area contributed by atoms with Gasteiger partial charge in [0.05, 0.1) is 11.0 Å². The Kier molecular flexibility index (Phi) is 9.87. The van der Waals surface area contributed by atoms with Gasteiger partial charge >= 0.3 is 0 Å². The van der Waals surface area contributed by atoms with Crippen LogP contribution in [0.2, 0.25) is 0 Å². The predicted molar refractivity (Wildman–Crippen MR) is 260 cm³/mol. The molecule has 1 aliphatic rings. The van der Waals surface area contributed by atoms with Gasteiger partial charge in [-0.05, 0) is 127 Å². The molecule has 0 bridgehead atoms. The van der Waals surface area contributed by atoms with Crippen molar-refractivity contribution in [3.63, 3.8) is 0 Å². The Labute approximate surface area is 362 Å². The number of hydrogen-bond donors (Lipinski definition) is 0. The van der Waals surface area contributed by atoms with Gasteiger partial charge in [-0.15, -0.1) is 0 Å². The summed E-state index contributed by atoms with van der Waals surface area (Å²) in [5.74, 6) is 1.87. The third-order valence-corrected chi connectivity index (χ3v) is 13.6. The molecule has 0 amide bonds. The molecule has 8 aromatic carbocycles. The van der Waals surface area contributed by atoms with Gasteiger partial charge < -0.3 is 4.57 Å². The van der Waals surface area contributed by atoms with E-state index in [2.05, 4.69) is 234 Å². The summed E-state index contributed by atoms with van der Waals surface area (Å²) in [5, 5.41) is 2.54. The lowest BCUT2D eigenvalue weighted by atomic mass is 9.79. The van der Waals surface area contributed by atoms with Crippen molar-refractivity contribution in [3.05, 3.63) is 221 Å². The van der Waals surface area contributed by atoms with Crippen LogP contribution in [0.15, 0.2) is 188 Å². The maximum Gasteiger partial charge on any atom is 0.0541 e. The molecule has 2 atom stereocenters. The second kappa shape index (κ2) is 15.5. The van der Waals surface area contributed by atoms with Crippen LogP contribution in [0.3, 0.4) is 0 Å². The number of para-hydroxylation sites is 1. The van der Waals surface area contributed by atoms with E-state index in [-0.39, 0.29) is 11.3 Å². The molecule has 1 aliphatic carbocycles. The molecule has 0 N–H and O–H groups in total. The summed E-state index contributed by atoms with van der Waals surface area (Å²) in [5.41, 5.74) is 19.3. The van der Waals surface area contributed by atoms with Gasteiger partial charge in [0.25, 0.3) is 0 Å². The lowest BCUT2D eigenvalue weighted by Gasteiger charge is -2.25. The molecule has 0 saturated heterocycles. The topological polar surface area (TPSA) is 4.93 Å². The number of hydrogen-bond acceptors (Lipinski definition) is 0. The van der Waals surface area contributed by atoms with E-state index >= 15 is 0 Å². The highest BCUT2D eigenvalue weighted by Crippen LogP contribution is 2.50. The minimum absolute atomic E-state index is 0.0321. The van der Waals surface area contributed by atoms with Gasteiger partial charge in [-0.3, -0.25) is 0 Å². The monoisotopic (exact) mass is 789 g/mol. The smallest absolute Gasteiger partial charge is 0.0541 e. The van der Waals surface area contributed by atoms with Crippen LogP contribution in [0.5, 0.6) is 0 Å². The zero-order valence-electron chi connectivity index (χ0n) is 36.4. The Hall–Kier alpha value is -6.44. The molecule has 1 aromatic heterocycles. The van der Waals surface area contributed by atoms with E-state index in [0.29, 0.717) is 17.8 Å². The molecule has 1 heterocycles. The van der Waals surface area contributed by atoms with Gasteiger partial charge in [0.2, 0.25) is 0 Å². The van der Waals surface area contributed by atoms with E-state index in [9.17, 15) is 0 Å². The van der Waals surface area contributed by atoms with Gasteiger partial charge in [-0.1, -0.05) is 193 Å². The summed E-state index contributed by atoms with van der Waals surface area (Å²) >= 11 is 0. The molecule has 0 saturated carbocycles. The van der Waals surface area contributed by atoms with E-state index in [4.69, 9.17) is 0 Å². The molecule has 0 spiro atoms. The Bertz CT molecular complexity index is 3000. The molecular formula is C60H55N. The third-order valence-electron chi connectivity index (χ3n) is 13.6. The lowest BCUT2D eigenvalue weighted by molar-refractivity contribution is 0.408. The molecule has 1 heteroatoms. The predicted octanol–water partition coefficient (Wildman–Crippen LogP) is 16.4. The zero-order valence-corrected chi connectivity index (χ0v) is 36.4. The highest BCUT2D eigenvalue weighted by atomic mass is 15.0. The number of benzene rings is 8. The summed E-state index contributed by atoms with van der Waals surface area (Å²) in [6.07, 6.45) is 1.21. The fourth-order valence-corrected chi connectivity index (χ4v) is 10.5. The Morgan fingerprint density at radius 1 is 0.426 bits per heavy atom. The normalized spacial score (nSPS) is 14.1. The van der Waals surface area contributed by atoms with Crippen LogP contribution in [0.1, 0.15) is 93.2 Å². The van der Waals surface area contributed by atoms with Crippen molar-refractivity contribution in [2.45, 2.75) is 65.2 Å². The van der Waals surface area contributed by atoms with Crippen LogP contribution in [0.25, 0.3) is 60.9 Å². The van der Waals surface area contributed by atoms with Gasteiger partial charge in [-0.25, -0.2) is 0 Å². The molecule has 300 valence electrons. The fraction of sp³-hybridized carbons (Fsp3) is 0.200. The van der Waals surface area contributed by atoms with Crippen molar-refractivity contribution >= 4 is 21.8 Å². The van der Waals surface area contributed by atoms with Crippen LogP contribution in [0.4, 0.5) is 0 Å². The van der Waals surface area contributed by atoms with E-state index in [1.54, 1.807) is 0 Å². The van der Waals surface area contributed by atoms with Crippen molar-refractivity contribution in [3.8, 4) is 39.1 Å². The Morgan fingerprint density at radius 2 is 0.934 bits per heavy atom. The number of fused-ring (bicyclic) bond motifs is 6. The standard InChI is InChI=1S/C60H55N/c1-39(2)35-52(40(3)4)44-25-21-43(22-26-44)46-30-33-57-53(36-46)54-37-47(31-34-58(54)61(57)49-17-11-8-12-18-49)59(45-27-23-42(24-28-45)41-15-9-7-10-16-41)48-29-32-51-50-19-13-14-20-55(50)60(5,6)56(51)38-48/h7-34,36-40,52,59H,35H2,1-6H3. The van der Waals surface area contributed by atoms with Gasteiger partial charge in [-0.2, -0.15) is 0 Å². The average molecular weight is 790 g/mol. The molecule has 0 fully saturated rings. The minimum atomic E-state index is -0.0879. The molecular weight excluding hydrogens is 735 g/mol. The second-order valence-corrected chi connectivity index (χ2v) is 18.7. The van der Waals surface area contributed by atoms with Crippen molar-refractivity contribution in [1.29, 1.82) is 0 Å². The second-order valence-electron chi connectivity index (χ2n) is 18.7. The summed E-state index contributed by atoms with van der Waals surface area (Å²) in [6.45, 7) is 14.2. The first kappa shape index (κ1) is 38.7. The first-order valence-electron chi connectivity index (χ1n) is 22.3. The maximum atomic E-state index is 2.51. The summed E-state index contributed by atoms with van der Waals surface area (Å²) in [4.78, 5) is 0. The highest BCUT2D eigenvalue weighted by Gasteiger charge is 2.36. The molecule has 2 unspecified atom stereocenters. The minimum Gasteiger partial charge on any atom is -0.309 e. The molecule has 9 aromatic rings. The van der Waals surface area contributed by atoms with E-state index < -0.39 is 0 Å². The summed E-state index contributed by atoms with van der Waals surface area (Å²) in [7, 11) is 0. The largest absolute Gasteiger partial charge is 0.309 e. The van der Waals surface area contributed by atoms with Gasteiger partial charge in [0, 0.05) is 27.8 Å². The van der Waals surface area contributed by atoms with E-state index in [0.717, 1.165) is 0 Å². The summed E-state index contributed by atoms with van der Waals surface area (Å²) in [6, 6.07) is 70.8. The van der Waals surface area contributed by atoms with Crippen LogP contribution in [-0.2, 0) is 5.41 Å². The van der Waals surface area contributed by atoms with Crippen LogP contribution >= 0.6 is 0 Å². The van der Waals surface area contributed by atoms with Crippen molar-refractivity contribution in [2.24, 2.45) is 11.8 Å². The Morgan fingerprint density at radius 3 is 1.62 bits per heavy atom. The quantitative estimate of drug-likeness (QED) is 0.122. The van der Waals surface area contributed by atoms with Crippen LogP contribution in [-0.4, -0.2) is 4.57 Å². The molecule has 0 radical (unpaired) electrons. The van der Waals surface area contributed by atoms with Crippen molar-refractivity contribution < 1.29 is 0 Å². The van der Waals surface area contributed by atoms with Crippen molar-refractivity contribution in [1.82, 2.24) is 4.57 Å². The first-order chi connectivity index (χ1) is 29.7. The SMILES string of the molecule is CC(C)CC(c1ccc(-c2ccc3c(c2)c2cc(C(c4ccc(-c5ccccc5)cc4)c4ccc5c(c4)C(C)(C)c4ccccc4-5)ccc2n3-c2ccccc2)cc1)C(C)C. The third kappa shape index (κ3) is 6.91. The van der Waals surface area contributed by atoms with Gasteiger partial charge in [0.1, 0.15) is 0 Å². The molecule has 0 aliphatic heterocycles. The van der Waals surface area contributed by atoms with Crippen LogP contribution in [0, 0.1) is 11.8 Å². The average Bonchev–Trinajstić information content (AvgIpc) is 3.73.